The smallest absolute Gasteiger partial charge is 0.0498 e. The minimum absolute atomic E-state index is 0.0116. The van der Waals surface area contributed by atoms with E-state index in [2.05, 4.69) is 171 Å². The van der Waals surface area contributed by atoms with E-state index in [1.165, 1.54) is 71.9 Å². The van der Waals surface area contributed by atoms with Crippen molar-refractivity contribution in [2.24, 2.45) is 0 Å². The van der Waals surface area contributed by atoms with E-state index in [1.807, 2.05) is 0 Å². The second-order valence-electron chi connectivity index (χ2n) is 12.7. The predicted molar refractivity (Wildman–Crippen MR) is 185 cm³/mol. The number of rotatable bonds is 4. The summed E-state index contributed by atoms with van der Waals surface area (Å²) in [6.07, 6.45) is 0. The van der Waals surface area contributed by atoms with Gasteiger partial charge in [0.2, 0.25) is 0 Å². The molecular weight excluding hydrogens is 518 g/mol. The molecule has 0 saturated carbocycles. The highest BCUT2D eigenvalue weighted by atomic mass is 15.1. The van der Waals surface area contributed by atoms with Crippen LogP contribution in [0.4, 0.5) is 17.1 Å². The zero-order valence-corrected chi connectivity index (χ0v) is 24.8. The first kappa shape index (κ1) is 25.6. The molecule has 0 atom stereocenters. The van der Waals surface area contributed by atoms with Crippen LogP contribution in [-0.4, -0.2) is 0 Å². The Morgan fingerprint density at radius 1 is 0.395 bits per heavy atom. The topological polar surface area (TPSA) is 3.24 Å². The maximum atomic E-state index is 2.41. The Morgan fingerprint density at radius 3 is 1.58 bits per heavy atom. The number of nitrogens with zero attached hydrogens (tertiary/aromatic N) is 1. The molecule has 7 aromatic carbocycles. The minimum Gasteiger partial charge on any atom is -0.310 e. The summed E-state index contributed by atoms with van der Waals surface area (Å²) in [7, 11) is 0. The van der Waals surface area contributed by atoms with Gasteiger partial charge >= 0.3 is 0 Å². The van der Waals surface area contributed by atoms with Crippen molar-refractivity contribution in [3.63, 3.8) is 0 Å². The van der Waals surface area contributed by atoms with Crippen LogP contribution in [0, 0.1) is 0 Å². The van der Waals surface area contributed by atoms with Crippen LogP contribution in [-0.2, 0) is 5.41 Å². The third-order valence-corrected chi connectivity index (χ3v) is 8.85. The van der Waals surface area contributed by atoms with E-state index in [-0.39, 0.29) is 5.41 Å². The van der Waals surface area contributed by atoms with Gasteiger partial charge in [0.15, 0.2) is 0 Å². The quantitative estimate of drug-likeness (QED) is 0.210. The largest absolute Gasteiger partial charge is 0.310 e. The van der Waals surface area contributed by atoms with Crippen LogP contribution in [0.15, 0.2) is 146 Å². The molecule has 1 aliphatic carbocycles. The predicted octanol–water partition coefficient (Wildman–Crippen LogP) is 12.1. The van der Waals surface area contributed by atoms with Gasteiger partial charge in [0.1, 0.15) is 0 Å². The van der Waals surface area contributed by atoms with Crippen molar-refractivity contribution in [3.05, 3.63) is 151 Å². The van der Waals surface area contributed by atoms with Gasteiger partial charge in [-0.1, -0.05) is 106 Å². The Kier molecular flexibility index (Phi) is 5.77. The Morgan fingerprint density at radius 2 is 0.930 bits per heavy atom. The molecule has 1 nitrogen and oxygen atoms in total. The normalized spacial score (nSPS) is 12.1. The molecule has 1 heteroatoms. The molecule has 43 heavy (non-hydrogen) atoms. The highest BCUT2D eigenvalue weighted by Gasteiger charge is 2.26. The molecule has 8 rings (SSSR count). The van der Waals surface area contributed by atoms with Crippen molar-refractivity contribution < 1.29 is 0 Å². The van der Waals surface area contributed by atoms with Gasteiger partial charge < -0.3 is 4.90 Å². The average molecular weight is 552 g/mol. The second kappa shape index (κ2) is 9.71. The van der Waals surface area contributed by atoms with Gasteiger partial charge in [0.25, 0.3) is 0 Å². The lowest BCUT2D eigenvalue weighted by Crippen LogP contribution is -2.19. The summed E-state index contributed by atoms with van der Waals surface area (Å²) in [5.74, 6) is 0. The first-order chi connectivity index (χ1) is 20.9. The Labute approximate surface area is 253 Å². The van der Waals surface area contributed by atoms with Gasteiger partial charge in [0, 0.05) is 17.1 Å². The molecule has 0 spiro atoms. The summed E-state index contributed by atoms with van der Waals surface area (Å²) < 4.78 is 0. The fraction of sp³-hybridized carbons (Fsp3) is 0.0952. The molecule has 0 radical (unpaired) electrons. The third-order valence-electron chi connectivity index (χ3n) is 8.85. The number of hydrogen-bond donors (Lipinski definition) is 0. The minimum atomic E-state index is 0.0116. The Hall–Kier alpha value is -5.14. The molecule has 0 N–H and O–H groups in total. The Bertz CT molecular complexity index is 2150. The van der Waals surface area contributed by atoms with Crippen LogP contribution >= 0.6 is 0 Å². The highest BCUT2D eigenvalue weighted by molar-refractivity contribution is 6.12. The van der Waals surface area contributed by atoms with Gasteiger partial charge in [0.05, 0.1) is 0 Å². The van der Waals surface area contributed by atoms with E-state index in [1.54, 1.807) is 0 Å². The highest BCUT2D eigenvalue weighted by Crippen LogP contribution is 2.51. The fourth-order valence-electron chi connectivity index (χ4n) is 6.67. The van der Waals surface area contributed by atoms with Gasteiger partial charge in [-0.3, -0.25) is 0 Å². The summed E-state index contributed by atoms with van der Waals surface area (Å²) >= 11 is 0. The lowest BCUT2D eigenvalue weighted by atomic mass is 9.77. The van der Waals surface area contributed by atoms with Crippen molar-refractivity contribution in [1.82, 2.24) is 0 Å². The fourth-order valence-corrected chi connectivity index (χ4v) is 6.67. The molecule has 1 aliphatic rings. The number of hydrogen-bond acceptors (Lipinski definition) is 1. The van der Waals surface area contributed by atoms with Crippen molar-refractivity contribution in [2.45, 2.75) is 26.2 Å². The third kappa shape index (κ3) is 4.32. The molecule has 206 valence electrons. The first-order valence-electron chi connectivity index (χ1n) is 15.1. The summed E-state index contributed by atoms with van der Waals surface area (Å²) in [6, 6.07) is 53.4. The molecule has 0 amide bonds. The molecular formula is C42H33N. The van der Waals surface area contributed by atoms with Crippen LogP contribution in [0.5, 0.6) is 0 Å². The standard InChI is InChI=1S/C42H33N/c1-42(2,3)40-16-10-11-17-41(40)43(34-14-8-5-9-15-34)35-21-20-31-25-37-38-26-32-22-29(28-12-6-4-7-13-28)18-19-30(32)24-36(38)39(37)27-33(31)23-35/h4-27H,1-3H3. The van der Waals surface area contributed by atoms with Crippen molar-refractivity contribution in [2.75, 3.05) is 4.90 Å². The average Bonchev–Trinajstić information content (AvgIpc) is 3.04. The van der Waals surface area contributed by atoms with E-state index in [0.717, 1.165) is 5.69 Å². The molecule has 0 fully saturated rings. The van der Waals surface area contributed by atoms with Crippen molar-refractivity contribution >= 4 is 38.6 Å². The number of para-hydroxylation sites is 2. The molecule has 0 bridgehead atoms. The van der Waals surface area contributed by atoms with Crippen LogP contribution in [0.1, 0.15) is 26.3 Å². The van der Waals surface area contributed by atoms with E-state index in [0.29, 0.717) is 0 Å². The molecule has 0 saturated heterocycles. The van der Waals surface area contributed by atoms with E-state index in [4.69, 9.17) is 0 Å². The van der Waals surface area contributed by atoms with Gasteiger partial charge in [-0.2, -0.15) is 0 Å². The number of anilines is 3. The van der Waals surface area contributed by atoms with Crippen LogP contribution in [0.2, 0.25) is 0 Å². The number of benzene rings is 7. The zero-order chi connectivity index (χ0) is 29.1. The Balaban J connectivity index is 1.23. The summed E-state index contributed by atoms with van der Waals surface area (Å²) in [4.78, 5) is 2.41. The molecule has 0 unspecified atom stereocenters. The maximum absolute atomic E-state index is 2.41. The maximum Gasteiger partial charge on any atom is 0.0498 e. The van der Waals surface area contributed by atoms with Gasteiger partial charge in [-0.15, -0.1) is 0 Å². The van der Waals surface area contributed by atoms with Crippen LogP contribution in [0.3, 0.4) is 0 Å². The second-order valence-corrected chi connectivity index (χ2v) is 12.7. The zero-order valence-electron chi connectivity index (χ0n) is 24.8. The summed E-state index contributed by atoms with van der Waals surface area (Å²) in [6.45, 7) is 6.87. The van der Waals surface area contributed by atoms with Crippen molar-refractivity contribution in [1.29, 1.82) is 0 Å². The SMILES string of the molecule is CC(C)(C)c1ccccc1N(c1ccccc1)c1ccc2cc3c(cc2c1)-c1cc2ccc(-c4ccccc4)cc2cc1-3. The lowest BCUT2D eigenvalue weighted by molar-refractivity contribution is 0.591. The van der Waals surface area contributed by atoms with E-state index >= 15 is 0 Å². The summed E-state index contributed by atoms with van der Waals surface area (Å²) in [5, 5.41) is 5.10. The van der Waals surface area contributed by atoms with Crippen LogP contribution < -0.4 is 4.90 Å². The lowest BCUT2D eigenvalue weighted by Gasteiger charge is -2.32. The van der Waals surface area contributed by atoms with Gasteiger partial charge in [-0.05, 0) is 127 Å². The molecule has 0 aromatic heterocycles. The van der Waals surface area contributed by atoms with Crippen molar-refractivity contribution in [3.8, 4) is 33.4 Å². The number of fused-ring (bicyclic) bond motifs is 6. The first-order valence-corrected chi connectivity index (χ1v) is 15.1. The van der Waals surface area contributed by atoms with Crippen LogP contribution in [0.25, 0.3) is 54.9 Å². The van der Waals surface area contributed by atoms with E-state index < -0.39 is 0 Å². The molecule has 0 heterocycles. The van der Waals surface area contributed by atoms with Gasteiger partial charge in [-0.25, -0.2) is 0 Å². The monoisotopic (exact) mass is 551 g/mol. The molecule has 7 aromatic rings. The summed E-state index contributed by atoms with van der Waals surface area (Å²) in [5.41, 5.74) is 12.8. The molecule has 0 aliphatic heterocycles. The van der Waals surface area contributed by atoms with E-state index in [9.17, 15) is 0 Å².